The molecule has 0 aliphatic carbocycles. The number of aliphatic carboxylic acids is 1. The lowest BCUT2D eigenvalue weighted by Crippen LogP contribution is -2.53. The molecule has 146 valence electrons. The highest BCUT2D eigenvalue weighted by molar-refractivity contribution is 5.90. The summed E-state index contributed by atoms with van der Waals surface area (Å²) in [6.45, 7) is 10.5. The minimum Gasteiger partial charge on any atom is -0.544 e. The molecule has 0 amide bonds. The average molecular weight is 371 g/mol. The van der Waals surface area contributed by atoms with E-state index in [4.69, 9.17) is 9.47 Å². The second-order valence-corrected chi connectivity index (χ2v) is 7.36. The highest BCUT2D eigenvalue weighted by Gasteiger charge is 2.46. The summed E-state index contributed by atoms with van der Waals surface area (Å²) in [7, 11) is 0. The first kappa shape index (κ1) is 21.9. The van der Waals surface area contributed by atoms with Gasteiger partial charge in [0.2, 0.25) is 0 Å². The first-order chi connectivity index (χ1) is 11.8. The quantitative estimate of drug-likeness (QED) is 0.657. The number of carbonyl (C=O) groups excluding carboxylic acids is 2. The monoisotopic (exact) mass is 371 g/mol. The Hall–Kier alpha value is -2.18. The molecule has 0 radical (unpaired) electrons. The van der Waals surface area contributed by atoms with Gasteiger partial charge in [-0.3, -0.25) is 0 Å². The lowest BCUT2D eigenvalue weighted by molar-refractivity contribution is -0.337. The fourth-order valence-corrected chi connectivity index (χ4v) is 2.01. The van der Waals surface area contributed by atoms with Crippen molar-refractivity contribution in [2.75, 3.05) is 0 Å². The summed E-state index contributed by atoms with van der Waals surface area (Å²) in [5.41, 5.74) is -0.416. The second kappa shape index (κ2) is 8.01. The third-order valence-electron chi connectivity index (χ3n) is 4.33. The van der Waals surface area contributed by atoms with Crippen LogP contribution in [0.15, 0.2) is 24.3 Å². The lowest BCUT2D eigenvalue weighted by atomic mass is 9.94. The van der Waals surface area contributed by atoms with Crippen LogP contribution in [0.3, 0.4) is 0 Å². The number of rotatable bonds is 8. The van der Waals surface area contributed by atoms with E-state index in [1.54, 1.807) is 0 Å². The fraction of sp³-hybridized carbons (Fsp3) is 0.579. The maximum absolute atomic E-state index is 13.7. The predicted octanol–water partition coefficient (Wildman–Crippen LogP) is 3.07. The van der Waals surface area contributed by atoms with Crippen LogP contribution in [0, 0.1) is 11.8 Å². The number of carboxylic acid groups (broad SMARTS) is 1. The van der Waals surface area contributed by atoms with E-state index in [1.165, 1.54) is 38.1 Å². The van der Waals surface area contributed by atoms with Gasteiger partial charge < -0.3 is 19.4 Å². The van der Waals surface area contributed by atoms with Crippen molar-refractivity contribution in [3.63, 3.8) is 0 Å². The molecule has 5 nitrogen and oxygen atoms in total. The van der Waals surface area contributed by atoms with Gasteiger partial charge in [-0.1, -0.05) is 27.7 Å². The van der Waals surface area contributed by atoms with Crippen LogP contribution in [0.4, 0.5) is 8.78 Å². The van der Waals surface area contributed by atoms with Crippen LogP contribution in [0.5, 0.6) is 5.75 Å². The fourth-order valence-electron chi connectivity index (χ4n) is 2.01. The molecule has 1 aromatic rings. The Morgan fingerprint density at radius 2 is 1.54 bits per heavy atom. The largest absolute Gasteiger partial charge is 0.544 e. The number of alkyl halides is 2. The summed E-state index contributed by atoms with van der Waals surface area (Å²) >= 11 is 0. The zero-order valence-electron chi connectivity index (χ0n) is 15.8. The van der Waals surface area contributed by atoms with Crippen LogP contribution in [0.1, 0.15) is 51.9 Å². The number of esters is 1. The molecule has 0 spiro atoms. The van der Waals surface area contributed by atoms with E-state index >= 15 is 0 Å². The summed E-state index contributed by atoms with van der Waals surface area (Å²) in [6, 6.07) is 5.81. The van der Waals surface area contributed by atoms with Gasteiger partial charge in [-0.2, -0.15) is 8.78 Å². The molecule has 7 heteroatoms. The van der Waals surface area contributed by atoms with Crippen LogP contribution >= 0.6 is 0 Å². The van der Waals surface area contributed by atoms with Crippen LogP contribution < -0.4 is 9.84 Å². The molecule has 1 atom stereocenters. The van der Waals surface area contributed by atoms with Gasteiger partial charge in [0, 0.05) is 0 Å². The number of ether oxygens (including phenoxy) is 2. The van der Waals surface area contributed by atoms with Gasteiger partial charge in [-0.25, -0.2) is 4.79 Å². The van der Waals surface area contributed by atoms with E-state index < -0.39 is 35.5 Å². The second-order valence-electron chi connectivity index (χ2n) is 7.36. The van der Waals surface area contributed by atoms with Crippen molar-refractivity contribution in [1.82, 2.24) is 0 Å². The molecule has 0 heterocycles. The van der Waals surface area contributed by atoms with E-state index in [9.17, 15) is 23.5 Å². The highest BCUT2D eigenvalue weighted by atomic mass is 19.3. The van der Waals surface area contributed by atoms with Gasteiger partial charge in [0.1, 0.15) is 17.3 Å². The van der Waals surface area contributed by atoms with Crippen LogP contribution in [-0.4, -0.2) is 29.6 Å². The number of halogens is 2. The zero-order chi connectivity index (χ0) is 20.3. The molecule has 0 aliphatic heterocycles. The normalized spacial score (nSPS) is 13.6. The summed E-state index contributed by atoms with van der Waals surface area (Å²) in [6.07, 6.45) is -2.13. The van der Waals surface area contributed by atoms with Gasteiger partial charge in [0.15, 0.2) is 6.10 Å². The molecule has 0 fully saturated rings. The Balaban J connectivity index is 2.92. The Kier molecular flexibility index (Phi) is 6.74. The molecule has 0 saturated carbocycles. The molecule has 0 bridgehead atoms. The minimum atomic E-state index is -4.28. The van der Waals surface area contributed by atoms with Gasteiger partial charge in [0.05, 0.1) is 5.56 Å². The Morgan fingerprint density at radius 1 is 1.04 bits per heavy atom. The van der Waals surface area contributed by atoms with E-state index in [2.05, 4.69) is 0 Å². The average Bonchev–Trinajstić information content (AvgIpc) is 2.51. The summed E-state index contributed by atoms with van der Waals surface area (Å²) < 4.78 is 38.0. The maximum atomic E-state index is 13.7. The van der Waals surface area contributed by atoms with Gasteiger partial charge in [0.25, 0.3) is 0 Å². The number of carboxylic acids is 1. The smallest absolute Gasteiger partial charge is 0.338 e. The van der Waals surface area contributed by atoms with Gasteiger partial charge in [-0.15, -0.1) is 0 Å². The molecule has 1 unspecified atom stereocenters. The van der Waals surface area contributed by atoms with Crippen molar-refractivity contribution in [2.45, 2.75) is 59.2 Å². The summed E-state index contributed by atoms with van der Waals surface area (Å²) in [5.74, 6) is -8.07. The molecule has 26 heavy (non-hydrogen) atoms. The Labute approximate surface area is 152 Å². The topological polar surface area (TPSA) is 75.7 Å². The van der Waals surface area contributed by atoms with Gasteiger partial charge in [-0.05, 0) is 49.9 Å². The van der Waals surface area contributed by atoms with Crippen molar-refractivity contribution in [3.05, 3.63) is 29.8 Å². The van der Waals surface area contributed by atoms with E-state index in [1.807, 2.05) is 27.7 Å². The predicted molar refractivity (Wildman–Crippen MR) is 90.0 cm³/mol. The zero-order valence-corrected chi connectivity index (χ0v) is 15.8. The van der Waals surface area contributed by atoms with Crippen molar-refractivity contribution in [1.29, 1.82) is 0 Å². The third-order valence-corrected chi connectivity index (χ3v) is 4.33. The van der Waals surface area contributed by atoms with Crippen LogP contribution in [-0.2, 0) is 9.53 Å². The molecule has 0 aliphatic rings. The van der Waals surface area contributed by atoms with Gasteiger partial charge >= 0.3 is 11.9 Å². The maximum Gasteiger partial charge on any atom is 0.338 e. The SMILES string of the molecule is CC(C)C(OC(=O)c1ccc(OC(C)(C)C(C)C)cc1)C(F)(F)C(=O)[O-]. The highest BCUT2D eigenvalue weighted by Crippen LogP contribution is 2.28. The van der Waals surface area contributed by atoms with Crippen LogP contribution in [0.2, 0.25) is 0 Å². The standard InChI is InChI=1S/C19H26F2O5/c1-11(2)15(19(20,21)17(23)24)25-16(22)13-7-9-14(10-8-13)26-18(5,6)12(3)4/h7-12,15H,1-6H3,(H,23,24)/p-1. The van der Waals surface area contributed by atoms with Crippen LogP contribution in [0.25, 0.3) is 0 Å². The molecule has 1 aromatic carbocycles. The van der Waals surface area contributed by atoms with E-state index in [0.717, 1.165) is 0 Å². The molecule has 0 N–H and O–H groups in total. The first-order valence-electron chi connectivity index (χ1n) is 8.38. The summed E-state index contributed by atoms with van der Waals surface area (Å²) in [4.78, 5) is 22.8. The number of hydrogen-bond acceptors (Lipinski definition) is 5. The molecular weight excluding hydrogens is 346 g/mol. The number of benzene rings is 1. The minimum absolute atomic E-state index is 0.0134. The van der Waals surface area contributed by atoms with Crippen molar-refractivity contribution in [3.8, 4) is 5.75 Å². The first-order valence-corrected chi connectivity index (χ1v) is 8.38. The molecule has 0 aromatic heterocycles. The molecule has 1 rings (SSSR count). The van der Waals surface area contributed by atoms with E-state index in [-0.39, 0.29) is 11.5 Å². The molecule has 0 saturated heterocycles. The van der Waals surface area contributed by atoms with Crippen molar-refractivity contribution >= 4 is 11.9 Å². The van der Waals surface area contributed by atoms with Crippen molar-refractivity contribution < 1.29 is 33.0 Å². The number of hydrogen-bond donors (Lipinski definition) is 0. The molecular formula is C19H25F2O5-. The van der Waals surface area contributed by atoms with E-state index in [0.29, 0.717) is 5.75 Å². The van der Waals surface area contributed by atoms with Crippen molar-refractivity contribution in [2.24, 2.45) is 11.8 Å². The summed E-state index contributed by atoms with van der Waals surface area (Å²) in [5, 5.41) is 10.6. The number of carbonyl (C=O) groups is 2. The third kappa shape index (κ3) is 5.16. The Bertz CT molecular complexity index is 636. The lowest BCUT2D eigenvalue weighted by Gasteiger charge is -2.31. The Morgan fingerprint density at radius 3 is 1.92 bits per heavy atom.